The van der Waals surface area contributed by atoms with Gasteiger partial charge in [0.1, 0.15) is 0 Å². The van der Waals surface area contributed by atoms with Crippen molar-refractivity contribution in [1.29, 1.82) is 0 Å². The number of aryl methyl sites for hydroxylation is 1. The lowest BCUT2D eigenvalue weighted by Gasteiger charge is -2.30. The Balaban J connectivity index is 2.79. The van der Waals surface area contributed by atoms with Gasteiger partial charge in [0, 0.05) is 11.1 Å². The summed E-state index contributed by atoms with van der Waals surface area (Å²) in [6.45, 7) is 6.52. The van der Waals surface area contributed by atoms with Crippen LogP contribution in [0.5, 0.6) is 0 Å². The number of nitrogens with two attached hydrogens (primary N) is 1. The standard InChI is InChI=1S/C14H23N3OS2/c1-4-6-14(7-5-2,12(15)19)13(18)17-9-11-8-16-10(3)20-11/h8H,4-7,9H2,1-3H3,(H2,15,19)(H,17,18). The van der Waals surface area contributed by atoms with Crippen molar-refractivity contribution in [2.75, 3.05) is 0 Å². The molecule has 20 heavy (non-hydrogen) atoms. The minimum Gasteiger partial charge on any atom is -0.392 e. The molecule has 0 radical (unpaired) electrons. The third-order valence-electron chi connectivity index (χ3n) is 3.35. The first-order chi connectivity index (χ1) is 9.46. The van der Waals surface area contributed by atoms with Crippen molar-refractivity contribution in [3.05, 3.63) is 16.1 Å². The monoisotopic (exact) mass is 313 g/mol. The fourth-order valence-corrected chi connectivity index (χ4v) is 3.42. The van der Waals surface area contributed by atoms with Crippen molar-refractivity contribution in [3.8, 4) is 0 Å². The Morgan fingerprint density at radius 2 is 2.05 bits per heavy atom. The molecule has 1 amide bonds. The summed E-state index contributed by atoms with van der Waals surface area (Å²) in [7, 11) is 0. The summed E-state index contributed by atoms with van der Waals surface area (Å²) in [6, 6.07) is 0. The zero-order valence-electron chi connectivity index (χ0n) is 12.4. The zero-order valence-corrected chi connectivity index (χ0v) is 14.0. The quantitative estimate of drug-likeness (QED) is 0.724. The second kappa shape index (κ2) is 7.69. The molecule has 1 rings (SSSR count). The first kappa shape index (κ1) is 17.0. The number of carbonyl (C=O) groups excluding carboxylic acids is 1. The number of nitrogens with zero attached hydrogens (tertiary/aromatic N) is 1. The number of rotatable bonds is 8. The lowest BCUT2D eigenvalue weighted by Crippen LogP contribution is -2.48. The molecule has 1 heterocycles. The summed E-state index contributed by atoms with van der Waals surface area (Å²) in [5.74, 6) is -0.0558. The van der Waals surface area contributed by atoms with E-state index in [0.29, 0.717) is 24.4 Å². The SMILES string of the molecule is CCCC(CCC)(C(=O)NCc1cnc(C)s1)C(N)=S. The molecular weight excluding hydrogens is 290 g/mol. The fourth-order valence-electron chi connectivity index (χ4n) is 2.39. The lowest BCUT2D eigenvalue weighted by molar-refractivity contribution is -0.128. The highest BCUT2D eigenvalue weighted by atomic mass is 32.1. The molecule has 0 spiro atoms. The van der Waals surface area contributed by atoms with Gasteiger partial charge in [0.2, 0.25) is 5.91 Å². The molecule has 0 aliphatic heterocycles. The minimum absolute atomic E-state index is 0.0558. The van der Waals surface area contributed by atoms with Crippen LogP contribution in [0.2, 0.25) is 0 Å². The Labute approximate surface area is 130 Å². The van der Waals surface area contributed by atoms with Crippen molar-refractivity contribution in [2.24, 2.45) is 11.1 Å². The molecule has 0 saturated heterocycles. The number of aromatic nitrogens is 1. The average Bonchev–Trinajstić information content (AvgIpc) is 2.81. The number of amides is 1. The molecule has 0 aliphatic carbocycles. The molecule has 4 nitrogen and oxygen atoms in total. The number of hydrogen-bond acceptors (Lipinski definition) is 4. The third kappa shape index (κ3) is 3.99. The van der Waals surface area contributed by atoms with E-state index >= 15 is 0 Å². The summed E-state index contributed by atoms with van der Waals surface area (Å²) in [5, 5.41) is 3.97. The summed E-state index contributed by atoms with van der Waals surface area (Å²) in [4.78, 5) is 18.1. The Bertz CT molecular complexity index is 465. The van der Waals surface area contributed by atoms with Crippen molar-refractivity contribution in [3.63, 3.8) is 0 Å². The van der Waals surface area contributed by atoms with Crippen LogP contribution >= 0.6 is 23.6 Å². The molecule has 0 atom stereocenters. The molecule has 112 valence electrons. The van der Waals surface area contributed by atoms with Crippen LogP contribution in [-0.2, 0) is 11.3 Å². The van der Waals surface area contributed by atoms with Gasteiger partial charge in [-0.15, -0.1) is 11.3 Å². The highest BCUT2D eigenvalue weighted by Gasteiger charge is 2.39. The average molecular weight is 313 g/mol. The van der Waals surface area contributed by atoms with Gasteiger partial charge in [-0.05, 0) is 19.8 Å². The van der Waals surface area contributed by atoms with Gasteiger partial charge < -0.3 is 11.1 Å². The van der Waals surface area contributed by atoms with Gasteiger partial charge in [-0.1, -0.05) is 38.9 Å². The normalized spacial score (nSPS) is 11.3. The van der Waals surface area contributed by atoms with E-state index in [9.17, 15) is 4.79 Å². The number of thiazole rings is 1. The predicted molar refractivity (Wildman–Crippen MR) is 87.7 cm³/mol. The van der Waals surface area contributed by atoms with E-state index in [0.717, 1.165) is 22.7 Å². The molecule has 0 bridgehead atoms. The van der Waals surface area contributed by atoms with Crippen LogP contribution in [-0.4, -0.2) is 15.9 Å². The van der Waals surface area contributed by atoms with Crippen LogP contribution < -0.4 is 11.1 Å². The van der Waals surface area contributed by atoms with Crippen molar-refractivity contribution < 1.29 is 4.79 Å². The van der Waals surface area contributed by atoms with Gasteiger partial charge in [0.05, 0.1) is 22.0 Å². The number of thiocarbonyl (C=S) groups is 1. The second-order valence-corrected chi connectivity index (χ2v) is 6.73. The summed E-state index contributed by atoms with van der Waals surface area (Å²) in [6.07, 6.45) is 4.95. The van der Waals surface area contributed by atoms with Gasteiger partial charge in [-0.3, -0.25) is 4.79 Å². The maximum Gasteiger partial charge on any atom is 0.233 e. The van der Waals surface area contributed by atoms with Gasteiger partial charge in [-0.2, -0.15) is 0 Å². The Morgan fingerprint density at radius 1 is 1.45 bits per heavy atom. The maximum atomic E-state index is 12.6. The first-order valence-corrected chi connectivity index (χ1v) is 8.18. The van der Waals surface area contributed by atoms with Crippen LogP contribution in [0.3, 0.4) is 0 Å². The van der Waals surface area contributed by atoms with Crippen LogP contribution in [0.25, 0.3) is 0 Å². The Morgan fingerprint density at radius 3 is 2.45 bits per heavy atom. The summed E-state index contributed by atoms with van der Waals surface area (Å²) < 4.78 is 0. The highest BCUT2D eigenvalue weighted by molar-refractivity contribution is 7.80. The number of carbonyl (C=O) groups is 1. The molecule has 0 unspecified atom stereocenters. The molecule has 0 saturated carbocycles. The Hall–Kier alpha value is -1.01. The van der Waals surface area contributed by atoms with Crippen LogP contribution in [0.1, 0.15) is 49.4 Å². The number of hydrogen-bond donors (Lipinski definition) is 2. The van der Waals surface area contributed by atoms with E-state index in [1.54, 1.807) is 17.5 Å². The summed E-state index contributed by atoms with van der Waals surface area (Å²) >= 11 is 6.76. The van der Waals surface area contributed by atoms with Crippen LogP contribution in [0, 0.1) is 12.3 Å². The zero-order chi connectivity index (χ0) is 15.2. The molecule has 1 aromatic rings. The van der Waals surface area contributed by atoms with Crippen LogP contribution in [0.4, 0.5) is 0 Å². The van der Waals surface area contributed by atoms with E-state index in [-0.39, 0.29) is 5.91 Å². The van der Waals surface area contributed by atoms with E-state index in [2.05, 4.69) is 10.3 Å². The van der Waals surface area contributed by atoms with E-state index in [1.807, 2.05) is 20.8 Å². The lowest BCUT2D eigenvalue weighted by atomic mass is 9.78. The maximum absolute atomic E-state index is 12.6. The van der Waals surface area contributed by atoms with Gasteiger partial charge >= 0.3 is 0 Å². The van der Waals surface area contributed by atoms with Crippen molar-refractivity contribution in [1.82, 2.24) is 10.3 Å². The molecule has 0 aromatic carbocycles. The van der Waals surface area contributed by atoms with Gasteiger partial charge in [0.25, 0.3) is 0 Å². The molecule has 6 heteroatoms. The van der Waals surface area contributed by atoms with E-state index < -0.39 is 5.41 Å². The van der Waals surface area contributed by atoms with Crippen LogP contribution in [0.15, 0.2) is 6.20 Å². The molecule has 0 fully saturated rings. The van der Waals surface area contributed by atoms with Crippen molar-refractivity contribution in [2.45, 2.75) is 53.0 Å². The molecular formula is C14H23N3OS2. The highest BCUT2D eigenvalue weighted by Crippen LogP contribution is 2.31. The van der Waals surface area contributed by atoms with Gasteiger partial charge in [0.15, 0.2) is 0 Å². The van der Waals surface area contributed by atoms with E-state index in [4.69, 9.17) is 18.0 Å². The van der Waals surface area contributed by atoms with E-state index in [1.165, 1.54) is 0 Å². The molecule has 3 N–H and O–H groups in total. The fraction of sp³-hybridized carbons (Fsp3) is 0.643. The minimum atomic E-state index is -0.710. The van der Waals surface area contributed by atoms with Gasteiger partial charge in [-0.25, -0.2) is 4.98 Å². The Kier molecular flexibility index (Phi) is 6.55. The largest absolute Gasteiger partial charge is 0.392 e. The smallest absolute Gasteiger partial charge is 0.233 e. The first-order valence-electron chi connectivity index (χ1n) is 6.95. The number of nitrogens with one attached hydrogen (secondary N) is 1. The van der Waals surface area contributed by atoms with Crippen molar-refractivity contribution >= 4 is 34.5 Å². The molecule has 0 aliphatic rings. The summed E-state index contributed by atoms with van der Waals surface area (Å²) in [5.41, 5.74) is 5.17. The predicted octanol–water partition coefficient (Wildman–Crippen LogP) is 2.94. The topological polar surface area (TPSA) is 68.0 Å². The second-order valence-electron chi connectivity index (χ2n) is 4.97. The third-order valence-corrected chi connectivity index (χ3v) is 4.66. The molecule has 1 aromatic heterocycles.